The van der Waals surface area contributed by atoms with Crippen molar-refractivity contribution < 1.29 is 15.0 Å². The first kappa shape index (κ1) is 8.93. The second-order valence-corrected chi connectivity index (χ2v) is 2.78. The Morgan fingerprint density at radius 1 is 1.75 bits per heavy atom. The number of carbonyl (C=O) groups excluding carboxylic acids is 1. The van der Waals surface area contributed by atoms with Crippen molar-refractivity contribution in [2.75, 3.05) is 6.61 Å². The van der Waals surface area contributed by atoms with Gasteiger partial charge < -0.3 is 10.2 Å². The Hall–Kier alpha value is -1.16. The third-order valence-corrected chi connectivity index (χ3v) is 1.71. The van der Waals surface area contributed by atoms with Crippen LogP contribution in [0.1, 0.15) is 12.8 Å². The van der Waals surface area contributed by atoms with Crippen LogP contribution in [0.4, 0.5) is 0 Å². The number of nitrogens with zero attached hydrogens (tertiary/aromatic N) is 1. The zero-order valence-electron chi connectivity index (χ0n) is 6.66. The van der Waals surface area contributed by atoms with Crippen LogP contribution in [0, 0.1) is 0 Å². The molecule has 1 unspecified atom stereocenters. The first-order valence-corrected chi connectivity index (χ1v) is 3.71. The highest BCUT2D eigenvalue weighted by Gasteiger charge is 2.21. The molecule has 0 spiro atoms. The topological polar surface area (TPSA) is 69.9 Å². The summed E-state index contributed by atoms with van der Waals surface area (Å²) < 4.78 is 0. The third-order valence-electron chi connectivity index (χ3n) is 1.71. The van der Waals surface area contributed by atoms with Crippen LogP contribution in [0.15, 0.2) is 17.3 Å². The van der Waals surface area contributed by atoms with Gasteiger partial charge in [0.1, 0.15) is 11.5 Å². The number of ketones is 1. The van der Waals surface area contributed by atoms with E-state index in [-0.39, 0.29) is 31.0 Å². The maximum absolute atomic E-state index is 11.0. The minimum atomic E-state index is -0.398. The third kappa shape index (κ3) is 1.92. The number of aliphatic hydroxyl groups excluding tert-OH is 2. The minimum Gasteiger partial charge on any atom is -0.507 e. The molecule has 0 aromatic carbocycles. The fourth-order valence-electron chi connectivity index (χ4n) is 1.12. The molecule has 0 saturated carbocycles. The number of hydrogen-bond donors (Lipinski definition) is 2. The van der Waals surface area contributed by atoms with E-state index in [1.54, 1.807) is 0 Å². The summed E-state index contributed by atoms with van der Waals surface area (Å²) in [6.45, 7) is 3.11. The average molecular weight is 169 g/mol. The van der Waals surface area contributed by atoms with Crippen molar-refractivity contribution in [1.29, 1.82) is 0 Å². The van der Waals surface area contributed by atoms with Gasteiger partial charge in [-0.1, -0.05) is 6.58 Å². The molecule has 1 aliphatic rings. The number of carbonyl (C=O) groups is 1. The molecule has 0 aromatic rings. The van der Waals surface area contributed by atoms with E-state index in [1.807, 2.05) is 0 Å². The van der Waals surface area contributed by atoms with Crippen LogP contribution in [0.3, 0.4) is 0 Å². The van der Waals surface area contributed by atoms with Gasteiger partial charge in [-0.25, -0.2) is 0 Å². The highest BCUT2D eigenvalue weighted by molar-refractivity contribution is 6.10. The molecule has 0 saturated heterocycles. The van der Waals surface area contributed by atoms with Crippen LogP contribution < -0.4 is 0 Å². The van der Waals surface area contributed by atoms with Gasteiger partial charge in [0, 0.05) is 6.42 Å². The number of Topliss-reactive ketones (excluding diaryl/α,β-unsaturated/α-hetero) is 1. The van der Waals surface area contributed by atoms with Gasteiger partial charge >= 0.3 is 0 Å². The summed E-state index contributed by atoms with van der Waals surface area (Å²) in [5.74, 6) is -0.198. The Morgan fingerprint density at radius 2 is 2.42 bits per heavy atom. The van der Waals surface area contributed by atoms with E-state index < -0.39 is 6.04 Å². The van der Waals surface area contributed by atoms with Crippen LogP contribution >= 0.6 is 0 Å². The van der Waals surface area contributed by atoms with E-state index in [1.165, 1.54) is 0 Å². The molecule has 2 N–H and O–H groups in total. The molecular formula is C8H11NO3. The van der Waals surface area contributed by atoms with Crippen LogP contribution in [0.2, 0.25) is 0 Å². The van der Waals surface area contributed by atoms with Crippen LogP contribution in [0.5, 0.6) is 0 Å². The normalized spacial score (nSPS) is 23.6. The van der Waals surface area contributed by atoms with E-state index in [9.17, 15) is 4.79 Å². The maximum Gasteiger partial charge on any atom is 0.141 e. The maximum atomic E-state index is 11.0. The van der Waals surface area contributed by atoms with Gasteiger partial charge in [0.2, 0.25) is 0 Å². The molecule has 0 bridgehead atoms. The lowest BCUT2D eigenvalue weighted by molar-refractivity contribution is -0.118. The highest BCUT2D eigenvalue weighted by atomic mass is 16.3. The van der Waals surface area contributed by atoms with Crippen LogP contribution in [-0.2, 0) is 4.79 Å². The standard InChI is InChI=1S/C8H11NO3/c1-5(11)8-3-7(12)2-6(4-10)9-8/h6,10-11H,1-4H2. The van der Waals surface area contributed by atoms with E-state index in [0.29, 0.717) is 5.71 Å². The Kier molecular flexibility index (Phi) is 2.60. The summed E-state index contributed by atoms with van der Waals surface area (Å²) >= 11 is 0. The Bertz CT molecular complexity index is 245. The summed E-state index contributed by atoms with van der Waals surface area (Å²) in [5, 5.41) is 17.7. The molecule has 66 valence electrons. The van der Waals surface area contributed by atoms with Gasteiger partial charge in [-0.05, 0) is 0 Å². The Labute approximate surface area is 70.2 Å². The molecule has 0 amide bonds. The fourth-order valence-corrected chi connectivity index (χ4v) is 1.12. The van der Waals surface area contributed by atoms with Crippen molar-refractivity contribution in [1.82, 2.24) is 0 Å². The molecule has 0 radical (unpaired) electrons. The molecule has 1 rings (SSSR count). The molecule has 4 heteroatoms. The fraction of sp³-hybridized carbons (Fsp3) is 0.500. The lowest BCUT2D eigenvalue weighted by Crippen LogP contribution is -2.26. The zero-order valence-corrected chi connectivity index (χ0v) is 6.66. The van der Waals surface area contributed by atoms with E-state index in [0.717, 1.165) is 0 Å². The molecule has 1 heterocycles. The first-order chi connectivity index (χ1) is 5.63. The Morgan fingerprint density at radius 3 is 2.92 bits per heavy atom. The molecule has 0 aliphatic carbocycles. The monoisotopic (exact) mass is 169 g/mol. The Balaban J connectivity index is 2.79. The van der Waals surface area contributed by atoms with Crippen molar-refractivity contribution in [3.63, 3.8) is 0 Å². The van der Waals surface area contributed by atoms with Crippen molar-refractivity contribution >= 4 is 11.5 Å². The highest BCUT2D eigenvalue weighted by Crippen LogP contribution is 2.12. The first-order valence-electron chi connectivity index (χ1n) is 3.71. The molecule has 1 atom stereocenters. The smallest absolute Gasteiger partial charge is 0.141 e. The van der Waals surface area contributed by atoms with Crippen molar-refractivity contribution in [3.8, 4) is 0 Å². The largest absolute Gasteiger partial charge is 0.507 e. The minimum absolute atomic E-state index is 0.0192. The summed E-state index contributed by atoms with van der Waals surface area (Å²) in [5.41, 5.74) is 0.297. The second kappa shape index (κ2) is 3.49. The zero-order chi connectivity index (χ0) is 9.14. The number of allylic oxidation sites excluding steroid dienone is 1. The van der Waals surface area contributed by atoms with Gasteiger partial charge in [-0.3, -0.25) is 9.79 Å². The number of aliphatic hydroxyl groups is 2. The van der Waals surface area contributed by atoms with Gasteiger partial charge in [0.05, 0.1) is 24.8 Å². The number of hydrogen-bond acceptors (Lipinski definition) is 4. The van der Waals surface area contributed by atoms with Crippen molar-refractivity contribution in [3.05, 3.63) is 12.3 Å². The van der Waals surface area contributed by atoms with Crippen molar-refractivity contribution in [2.24, 2.45) is 4.99 Å². The van der Waals surface area contributed by atoms with Crippen LogP contribution in [0.25, 0.3) is 0 Å². The summed E-state index contributed by atoms with van der Waals surface area (Å²) in [4.78, 5) is 14.9. The molecular weight excluding hydrogens is 158 g/mol. The van der Waals surface area contributed by atoms with E-state index >= 15 is 0 Å². The molecule has 12 heavy (non-hydrogen) atoms. The summed E-state index contributed by atoms with van der Waals surface area (Å²) in [6.07, 6.45) is 0.388. The molecule has 1 aliphatic heterocycles. The number of rotatable bonds is 2. The molecule has 0 aromatic heterocycles. The summed E-state index contributed by atoms with van der Waals surface area (Å²) in [7, 11) is 0. The molecule has 4 nitrogen and oxygen atoms in total. The SMILES string of the molecule is C=C(O)C1=NC(CO)CC(=O)C1. The van der Waals surface area contributed by atoms with E-state index in [2.05, 4.69) is 11.6 Å². The van der Waals surface area contributed by atoms with Crippen LogP contribution in [-0.4, -0.2) is 34.4 Å². The lowest BCUT2D eigenvalue weighted by atomic mass is 10.0. The number of aliphatic imine (C=N–C) groups is 1. The average Bonchev–Trinajstić information content (AvgIpc) is 2.03. The van der Waals surface area contributed by atoms with Crippen molar-refractivity contribution in [2.45, 2.75) is 18.9 Å². The van der Waals surface area contributed by atoms with Gasteiger partial charge in [0.25, 0.3) is 0 Å². The summed E-state index contributed by atoms with van der Waals surface area (Å²) in [6, 6.07) is -0.398. The predicted octanol–water partition coefficient (Wildman–Crippen LogP) is 0.223. The molecule has 0 fully saturated rings. The van der Waals surface area contributed by atoms with Gasteiger partial charge in [-0.2, -0.15) is 0 Å². The van der Waals surface area contributed by atoms with Gasteiger partial charge in [0.15, 0.2) is 0 Å². The quantitative estimate of drug-likeness (QED) is 0.581. The van der Waals surface area contributed by atoms with Gasteiger partial charge in [-0.15, -0.1) is 0 Å². The van der Waals surface area contributed by atoms with E-state index in [4.69, 9.17) is 10.2 Å². The lowest BCUT2D eigenvalue weighted by Gasteiger charge is -2.16. The second-order valence-electron chi connectivity index (χ2n) is 2.78. The predicted molar refractivity (Wildman–Crippen MR) is 44.3 cm³/mol.